The van der Waals surface area contributed by atoms with Crippen molar-refractivity contribution in [1.82, 2.24) is 14.6 Å². The van der Waals surface area contributed by atoms with Gasteiger partial charge in [-0.15, -0.1) is 10.2 Å². The molecule has 2 heterocycles. The number of fused-ring (bicyclic) bond motifs is 3. The van der Waals surface area contributed by atoms with E-state index in [1.807, 2.05) is 16.5 Å². The Balaban J connectivity index is 2.56. The maximum absolute atomic E-state index is 5.69. The third-order valence-electron chi connectivity index (χ3n) is 2.91. The highest BCUT2D eigenvalue weighted by Gasteiger charge is 2.09. The molecule has 1 aromatic carbocycles. The zero-order valence-corrected chi connectivity index (χ0v) is 10.9. The van der Waals surface area contributed by atoms with Crippen LogP contribution in [0.1, 0.15) is 11.4 Å². The molecule has 0 atom stereocenters. The normalized spacial score (nSPS) is 11.5. The van der Waals surface area contributed by atoms with E-state index in [9.17, 15) is 0 Å². The largest absolute Gasteiger partial charge is 0.324 e. The molecule has 0 aliphatic heterocycles. The van der Waals surface area contributed by atoms with Crippen LogP contribution < -0.4 is 5.73 Å². The van der Waals surface area contributed by atoms with Crippen LogP contribution in [0.5, 0.6) is 0 Å². The smallest absolute Gasteiger partial charge is 0.161 e. The summed E-state index contributed by atoms with van der Waals surface area (Å²) in [5, 5.41) is 9.43. The number of halogens is 1. The number of hydrogen-bond donors (Lipinski definition) is 1. The Morgan fingerprint density at radius 3 is 2.88 bits per heavy atom. The van der Waals surface area contributed by atoms with Crippen molar-refractivity contribution in [3.05, 3.63) is 40.1 Å². The molecule has 0 aliphatic carbocycles. The van der Waals surface area contributed by atoms with Crippen molar-refractivity contribution in [3.63, 3.8) is 0 Å². The second-order valence-corrected chi connectivity index (χ2v) is 4.92. The van der Waals surface area contributed by atoms with Crippen LogP contribution in [0.3, 0.4) is 0 Å². The van der Waals surface area contributed by atoms with Gasteiger partial charge >= 0.3 is 0 Å². The minimum Gasteiger partial charge on any atom is -0.324 e. The van der Waals surface area contributed by atoms with Gasteiger partial charge in [0.1, 0.15) is 0 Å². The van der Waals surface area contributed by atoms with Crippen molar-refractivity contribution in [2.45, 2.75) is 13.5 Å². The molecule has 17 heavy (non-hydrogen) atoms. The number of hydrogen-bond acceptors (Lipinski definition) is 3. The minimum absolute atomic E-state index is 0.384. The van der Waals surface area contributed by atoms with E-state index in [-0.39, 0.29) is 0 Å². The van der Waals surface area contributed by atoms with E-state index in [0.29, 0.717) is 6.54 Å². The number of nitrogens with two attached hydrogens (primary N) is 1. The van der Waals surface area contributed by atoms with Gasteiger partial charge in [0.25, 0.3) is 0 Å². The monoisotopic (exact) mass is 290 g/mol. The van der Waals surface area contributed by atoms with Gasteiger partial charge in [0, 0.05) is 9.86 Å². The summed E-state index contributed by atoms with van der Waals surface area (Å²) in [6, 6.07) is 8.20. The Bertz CT molecular complexity index is 717. The molecule has 0 spiro atoms. The van der Waals surface area contributed by atoms with Crippen molar-refractivity contribution in [3.8, 4) is 0 Å². The lowest BCUT2D eigenvalue weighted by molar-refractivity contribution is 0.894. The molecule has 0 amide bonds. The summed E-state index contributed by atoms with van der Waals surface area (Å²) in [7, 11) is 0. The fraction of sp³-hybridized carbons (Fsp3) is 0.167. The van der Waals surface area contributed by atoms with Gasteiger partial charge < -0.3 is 5.73 Å². The molecule has 0 bridgehead atoms. The maximum Gasteiger partial charge on any atom is 0.161 e. The number of aromatic nitrogens is 3. The van der Waals surface area contributed by atoms with Crippen LogP contribution in [0.2, 0.25) is 0 Å². The van der Waals surface area contributed by atoms with Crippen LogP contribution in [0.25, 0.3) is 16.6 Å². The molecule has 4 nitrogen and oxygen atoms in total. The Labute approximate surface area is 107 Å². The van der Waals surface area contributed by atoms with Gasteiger partial charge in [-0.2, -0.15) is 0 Å². The fourth-order valence-corrected chi connectivity index (χ4v) is 2.47. The van der Waals surface area contributed by atoms with Crippen molar-refractivity contribution in [1.29, 1.82) is 0 Å². The van der Waals surface area contributed by atoms with Gasteiger partial charge in [0.15, 0.2) is 11.5 Å². The Kier molecular flexibility index (Phi) is 2.38. The zero-order valence-electron chi connectivity index (χ0n) is 9.31. The molecule has 86 valence electrons. The lowest BCUT2D eigenvalue weighted by Gasteiger charge is -2.07. The van der Waals surface area contributed by atoms with E-state index in [1.54, 1.807) is 0 Å². The standard InChI is InChI=1S/C12H11BrN4/c1-7-4-11-15-16-12(6-14)17(11)10-3-2-8(13)5-9(7)10/h2-5H,6,14H2,1H3. The first-order chi connectivity index (χ1) is 8.20. The molecule has 0 saturated carbocycles. The van der Waals surface area contributed by atoms with Crippen molar-refractivity contribution in [2.75, 3.05) is 0 Å². The Hall–Kier alpha value is -1.46. The molecule has 2 aromatic heterocycles. The third-order valence-corrected chi connectivity index (χ3v) is 3.40. The summed E-state index contributed by atoms with van der Waals surface area (Å²) in [5.74, 6) is 0.785. The van der Waals surface area contributed by atoms with E-state index < -0.39 is 0 Å². The second-order valence-electron chi connectivity index (χ2n) is 4.00. The van der Waals surface area contributed by atoms with E-state index in [0.717, 1.165) is 21.5 Å². The molecule has 0 saturated heterocycles. The molecule has 2 N–H and O–H groups in total. The zero-order chi connectivity index (χ0) is 12.0. The molecule has 3 aromatic rings. The van der Waals surface area contributed by atoms with Crippen LogP contribution in [-0.2, 0) is 6.54 Å². The summed E-state index contributed by atoms with van der Waals surface area (Å²) in [6.45, 7) is 2.46. The third kappa shape index (κ3) is 1.54. The highest BCUT2D eigenvalue weighted by atomic mass is 79.9. The first kappa shape index (κ1) is 10.7. The number of rotatable bonds is 1. The first-order valence-corrected chi connectivity index (χ1v) is 6.13. The lowest BCUT2D eigenvalue weighted by atomic mass is 10.1. The predicted octanol–water partition coefficient (Wildman–Crippen LogP) is 2.41. The number of aryl methyl sites for hydroxylation is 1. The molecule has 0 aliphatic rings. The SMILES string of the molecule is Cc1cc2nnc(CN)n2c2ccc(Br)cc12. The average molecular weight is 291 g/mol. The van der Waals surface area contributed by atoms with Gasteiger partial charge in [-0.05, 0) is 36.8 Å². The Morgan fingerprint density at radius 1 is 1.29 bits per heavy atom. The van der Waals surface area contributed by atoms with Crippen LogP contribution in [0.4, 0.5) is 0 Å². The van der Waals surface area contributed by atoms with E-state index in [1.165, 1.54) is 10.9 Å². The fourth-order valence-electron chi connectivity index (χ4n) is 2.11. The molecule has 0 radical (unpaired) electrons. The van der Waals surface area contributed by atoms with Gasteiger partial charge in [-0.3, -0.25) is 4.40 Å². The summed E-state index contributed by atoms with van der Waals surface area (Å²) in [4.78, 5) is 0. The number of pyridine rings is 1. The van der Waals surface area contributed by atoms with Crippen LogP contribution in [0, 0.1) is 6.92 Å². The van der Waals surface area contributed by atoms with Crippen molar-refractivity contribution >= 4 is 32.5 Å². The van der Waals surface area contributed by atoms with Crippen LogP contribution in [-0.4, -0.2) is 14.6 Å². The highest BCUT2D eigenvalue weighted by Crippen LogP contribution is 2.25. The van der Waals surface area contributed by atoms with Crippen LogP contribution in [0.15, 0.2) is 28.7 Å². The number of benzene rings is 1. The minimum atomic E-state index is 0.384. The quantitative estimate of drug-likeness (QED) is 0.749. The molecule has 0 fully saturated rings. The van der Waals surface area contributed by atoms with Gasteiger partial charge in [0.2, 0.25) is 0 Å². The van der Waals surface area contributed by atoms with Crippen molar-refractivity contribution in [2.24, 2.45) is 5.73 Å². The maximum atomic E-state index is 5.69. The van der Waals surface area contributed by atoms with Crippen molar-refractivity contribution < 1.29 is 0 Å². The molecule has 3 rings (SSSR count). The Morgan fingerprint density at radius 2 is 2.12 bits per heavy atom. The summed E-state index contributed by atoms with van der Waals surface area (Å²) in [5.41, 5.74) is 8.81. The lowest BCUT2D eigenvalue weighted by Crippen LogP contribution is -2.03. The summed E-state index contributed by atoms with van der Waals surface area (Å²) in [6.07, 6.45) is 0. The van der Waals surface area contributed by atoms with E-state index >= 15 is 0 Å². The highest BCUT2D eigenvalue weighted by molar-refractivity contribution is 9.10. The number of nitrogens with zero attached hydrogens (tertiary/aromatic N) is 3. The van der Waals surface area contributed by atoms with E-state index in [2.05, 4.69) is 45.2 Å². The molecular formula is C12H11BrN4. The molecule has 5 heteroatoms. The molecular weight excluding hydrogens is 280 g/mol. The summed E-state index contributed by atoms with van der Waals surface area (Å²) < 4.78 is 3.07. The van der Waals surface area contributed by atoms with Gasteiger partial charge in [-0.1, -0.05) is 15.9 Å². The first-order valence-electron chi connectivity index (χ1n) is 5.33. The summed E-state index contributed by atoms with van der Waals surface area (Å²) >= 11 is 3.49. The van der Waals surface area contributed by atoms with Gasteiger partial charge in [0.05, 0.1) is 12.1 Å². The van der Waals surface area contributed by atoms with E-state index in [4.69, 9.17) is 5.73 Å². The molecule has 0 unspecified atom stereocenters. The van der Waals surface area contributed by atoms with Crippen LogP contribution >= 0.6 is 15.9 Å². The topological polar surface area (TPSA) is 56.2 Å². The van der Waals surface area contributed by atoms with Gasteiger partial charge in [-0.25, -0.2) is 0 Å². The predicted molar refractivity (Wildman–Crippen MR) is 70.8 cm³/mol. The average Bonchev–Trinajstić information content (AvgIpc) is 2.72. The second kappa shape index (κ2) is 3.78.